The summed E-state index contributed by atoms with van der Waals surface area (Å²) < 4.78 is 22.8. The number of sulfone groups is 1. The molecule has 0 aliphatic heterocycles. The summed E-state index contributed by atoms with van der Waals surface area (Å²) in [5.41, 5.74) is 0.811. The van der Waals surface area contributed by atoms with E-state index >= 15 is 0 Å². The Bertz CT molecular complexity index is 513. The first-order valence-electron chi connectivity index (χ1n) is 4.28. The van der Waals surface area contributed by atoms with Gasteiger partial charge in [0, 0.05) is 20.4 Å². The maximum absolute atomic E-state index is 11.4. The van der Waals surface area contributed by atoms with Gasteiger partial charge in [0.1, 0.15) is 6.07 Å². The van der Waals surface area contributed by atoms with E-state index in [0.717, 1.165) is 6.26 Å². The lowest BCUT2D eigenvalue weighted by atomic mass is 10.2. The number of rotatable bonds is 2. The van der Waals surface area contributed by atoms with Gasteiger partial charge >= 0.3 is 0 Å². The average Bonchev–Trinajstić information content (AvgIpc) is 2.15. The van der Waals surface area contributed by atoms with Crippen LogP contribution in [0.4, 0.5) is 5.69 Å². The van der Waals surface area contributed by atoms with Crippen molar-refractivity contribution < 1.29 is 8.42 Å². The molecule has 15 heavy (non-hydrogen) atoms. The molecule has 0 aliphatic rings. The monoisotopic (exact) mass is 224 g/mol. The van der Waals surface area contributed by atoms with Crippen molar-refractivity contribution in [3.63, 3.8) is 0 Å². The molecule has 0 saturated carbocycles. The third kappa shape index (κ3) is 2.28. The number of benzene rings is 1. The molecule has 1 rings (SSSR count). The van der Waals surface area contributed by atoms with Gasteiger partial charge in [-0.1, -0.05) is 6.07 Å². The summed E-state index contributed by atoms with van der Waals surface area (Å²) in [7, 11) is 0.181. The average molecular weight is 224 g/mol. The lowest BCUT2D eigenvalue weighted by Crippen LogP contribution is -2.12. The zero-order chi connectivity index (χ0) is 11.6. The summed E-state index contributed by atoms with van der Waals surface area (Å²) in [4.78, 5) is 1.80. The molecule has 4 nitrogen and oxygen atoms in total. The van der Waals surface area contributed by atoms with Crippen molar-refractivity contribution in [2.75, 3.05) is 25.3 Å². The van der Waals surface area contributed by atoms with Gasteiger partial charge in [0.2, 0.25) is 0 Å². The van der Waals surface area contributed by atoms with E-state index in [1.165, 1.54) is 6.07 Å². The van der Waals surface area contributed by atoms with E-state index in [1.807, 2.05) is 6.07 Å². The van der Waals surface area contributed by atoms with Crippen LogP contribution >= 0.6 is 0 Å². The fourth-order valence-corrected chi connectivity index (χ4v) is 2.16. The van der Waals surface area contributed by atoms with Crippen molar-refractivity contribution in [1.29, 1.82) is 5.26 Å². The molecule has 0 atom stereocenters. The third-order valence-corrected chi connectivity index (χ3v) is 3.14. The van der Waals surface area contributed by atoms with Gasteiger partial charge in [-0.2, -0.15) is 5.26 Å². The fourth-order valence-electron chi connectivity index (χ4n) is 1.31. The number of anilines is 1. The van der Waals surface area contributed by atoms with Gasteiger partial charge in [-0.25, -0.2) is 8.42 Å². The zero-order valence-corrected chi connectivity index (χ0v) is 9.67. The lowest BCUT2D eigenvalue weighted by molar-refractivity contribution is 0.601. The lowest BCUT2D eigenvalue weighted by Gasteiger charge is -2.15. The maximum atomic E-state index is 11.4. The van der Waals surface area contributed by atoms with Crippen LogP contribution in [0, 0.1) is 11.3 Å². The van der Waals surface area contributed by atoms with Crippen LogP contribution in [0.25, 0.3) is 0 Å². The molecule has 0 N–H and O–H groups in total. The van der Waals surface area contributed by atoms with Crippen LogP contribution in [0.2, 0.25) is 0 Å². The van der Waals surface area contributed by atoms with Crippen LogP contribution in [-0.2, 0) is 9.84 Å². The highest BCUT2D eigenvalue weighted by atomic mass is 32.2. The van der Waals surface area contributed by atoms with Crippen molar-refractivity contribution in [3.05, 3.63) is 23.8 Å². The Balaban J connectivity index is 3.58. The van der Waals surface area contributed by atoms with Crippen LogP contribution in [0.1, 0.15) is 5.56 Å². The molecule has 0 bridgehead atoms. The number of nitrogens with zero attached hydrogens (tertiary/aromatic N) is 2. The largest absolute Gasteiger partial charge is 0.377 e. The molecule has 0 heterocycles. The SMILES string of the molecule is CN(C)c1cccc(S(C)(=O)=O)c1C#N. The van der Waals surface area contributed by atoms with Gasteiger partial charge in [0.05, 0.1) is 16.1 Å². The molecule has 0 spiro atoms. The topological polar surface area (TPSA) is 61.2 Å². The Kier molecular flexibility index (Phi) is 3.01. The van der Waals surface area contributed by atoms with Crippen LogP contribution in [-0.4, -0.2) is 28.8 Å². The summed E-state index contributed by atoms with van der Waals surface area (Å²) in [6.07, 6.45) is 1.10. The van der Waals surface area contributed by atoms with Gasteiger partial charge in [0.15, 0.2) is 9.84 Å². The van der Waals surface area contributed by atoms with Gasteiger partial charge in [-0.15, -0.1) is 0 Å². The van der Waals surface area contributed by atoms with E-state index in [4.69, 9.17) is 5.26 Å². The quantitative estimate of drug-likeness (QED) is 0.752. The summed E-state index contributed by atoms with van der Waals surface area (Å²) in [5.74, 6) is 0. The Morgan fingerprint density at radius 1 is 1.33 bits per heavy atom. The zero-order valence-electron chi connectivity index (χ0n) is 8.85. The van der Waals surface area contributed by atoms with E-state index in [-0.39, 0.29) is 10.5 Å². The molecule has 5 heteroatoms. The first-order chi connectivity index (χ1) is 6.88. The molecule has 1 aromatic rings. The summed E-state index contributed by atoms with van der Waals surface area (Å²) in [6.45, 7) is 0. The van der Waals surface area contributed by atoms with E-state index in [0.29, 0.717) is 5.69 Å². The molecule has 0 unspecified atom stereocenters. The minimum absolute atomic E-state index is 0.0798. The summed E-state index contributed by atoms with van der Waals surface area (Å²) in [6, 6.07) is 6.72. The Hall–Kier alpha value is -1.54. The van der Waals surface area contributed by atoms with Crippen LogP contribution in [0.5, 0.6) is 0 Å². The predicted molar refractivity (Wildman–Crippen MR) is 58.6 cm³/mol. The molecular weight excluding hydrogens is 212 g/mol. The van der Waals surface area contributed by atoms with Crippen LogP contribution in [0.15, 0.2) is 23.1 Å². The van der Waals surface area contributed by atoms with Crippen molar-refractivity contribution in [2.45, 2.75) is 4.90 Å². The van der Waals surface area contributed by atoms with Gasteiger partial charge in [-0.3, -0.25) is 0 Å². The van der Waals surface area contributed by atoms with Crippen molar-refractivity contribution in [2.24, 2.45) is 0 Å². The normalized spacial score (nSPS) is 10.8. The predicted octanol–water partition coefficient (Wildman–Crippen LogP) is 1.03. The minimum atomic E-state index is -3.35. The highest BCUT2D eigenvalue weighted by molar-refractivity contribution is 7.90. The first-order valence-corrected chi connectivity index (χ1v) is 6.17. The number of hydrogen-bond acceptors (Lipinski definition) is 4. The molecule has 0 aliphatic carbocycles. The number of nitriles is 1. The van der Waals surface area contributed by atoms with Crippen LogP contribution in [0.3, 0.4) is 0 Å². The third-order valence-electron chi connectivity index (χ3n) is 2.00. The van der Waals surface area contributed by atoms with Crippen molar-refractivity contribution >= 4 is 15.5 Å². The summed E-state index contributed by atoms with van der Waals surface area (Å²) >= 11 is 0. The van der Waals surface area contributed by atoms with Gasteiger partial charge < -0.3 is 4.90 Å². The Morgan fingerprint density at radius 2 is 1.93 bits per heavy atom. The molecule has 1 aromatic carbocycles. The molecule has 0 saturated heterocycles. The Labute approximate surface area is 89.7 Å². The first kappa shape index (κ1) is 11.5. The number of hydrogen-bond donors (Lipinski definition) is 0. The second-order valence-corrected chi connectivity index (χ2v) is 5.41. The molecule has 0 radical (unpaired) electrons. The molecule has 80 valence electrons. The fraction of sp³-hybridized carbons (Fsp3) is 0.300. The maximum Gasteiger partial charge on any atom is 0.176 e. The second kappa shape index (κ2) is 3.91. The smallest absolute Gasteiger partial charge is 0.176 e. The van der Waals surface area contributed by atoms with E-state index in [9.17, 15) is 8.42 Å². The molecule has 0 amide bonds. The minimum Gasteiger partial charge on any atom is -0.377 e. The van der Waals surface area contributed by atoms with Crippen LogP contribution < -0.4 is 4.90 Å². The highest BCUT2D eigenvalue weighted by Crippen LogP contribution is 2.24. The molecule has 0 fully saturated rings. The van der Waals surface area contributed by atoms with Crippen molar-refractivity contribution in [1.82, 2.24) is 0 Å². The Morgan fingerprint density at radius 3 is 2.33 bits per heavy atom. The molecular formula is C10H12N2O2S. The summed E-state index contributed by atoms with van der Waals surface area (Å²) in [5, 5.41) is 8.97. The highest BCUT2D eigenvalue weighted by Gasteiger charge is 2.16. The van der Waals surface area contributed by atoms with E-state index in [1.54, 1.807) is 31.1 Å². The second-order valence-electron chi connectivity index (χ2n) is 3.43. The molecule has 0 aromatic heterocycles. The van der Waals surface area contributed by atoms with E-state index < -0.39 is 9.84 Å². The standard InChI is InChI=1S/C10H12N2O2S/c1-12(2)9-5-4-6-10(8(9)7-11)15(3,13)14/h4-6H,1-3H3. The van der Waals surface area contributed by atoms with Gasteiger partial charge in [-0.05, 0) is 12.1 Å². The van der Waals surface area contributed by atoms with E-state index in [2.05, 4.69) is 0 Å². The van der Waals surface area contributed by atoms with Crippen molar-refractivity contribution in [3.8, 4) is 6.07 Å². The van der Waals surface area contributed by atoms with Gasteiger partial charge in [0.25, 0.3) is 0 Å².